The maximum atomic E-state index is 9.30. The fraction of sp³-hybridized carbons (Fsp3) is 0.200. The van der Waals surface area contributed by atoms with E-state index in [9.17, 15) is 5.11 Å². The van der Waals surface area contributed by atoms with Crippen LogP contribution in [-0.4, -0.2) is 12.2 Å². The van der Waals surface area contributed by atoms with Crippen LogP contribution in [0, 0.1) is 0 Å². The number of nitrogens with one attached hydrogen (secondary N) is 1. The van der Waals surface area contributed by atoms with Crippen LogP contribution in [0.5, 0.6) is 5.75 Å². The lowest BCUT2D eigenvalue weighted by molar-refractivity contribution is 0.282. The smallest absolute Gasteiger partial charge is 0.142 e. The van der Waals surface area contributed by atoms with Crippen molar-refractivity contribution < 1.29 is 9.84 Å². The van der Waals surface area contributed by atoms with E-state index in [-0.39, 0.29) is 6.61 Å². The van der Waals surface area contributed by atoms with Crippen molar-refractivity contribution in [1.82, 2.24) is 0 Å². The number of para-hydroxylation sites is 1. The third-order valence-electron chi connectivity index (χ3n) is 2.95. The van der Waals surface area contributed by atoms with E-state index in [1.54, 1.807) is 19.2 Å². The minimum atomic E-state index is -0.0173. The van der Waals surface area contributed by atoms with Crippen molar-refractivity contribution in [3.05, 3.63) is 57.6 Å². The Kier molecular flexibility index (Phi) is 5.12. The average Bonchev–Trinajstić information content (AvgIpc) is 2.45. The summed E-state index contributed by atoms with van der Waals surface area (Å²) in [6.07, 6.45) is 0. The molecule has 2 aromatic rings. The van der Waals surface area contributed by atoms with Crippen LogP contribution in [-0.2, 0) is 13.2 Å². The summed E-state index contributed by atoms with van der Waals surface area (Å²) in [5.41, 5.74) is 2.56. The number of aliphatic hydroxyl groups excluding tert-OH is 1. The lowest BCUT2D eigenvalue weighted by atomic mass is 10.1. The van der Waals surface area contributed by atoms with Gasteiger partial charge in [0.1, 0.15) is 5.75 Å². The molecule has 0 amide bonds. The van der Waals surface area contributed by atoms with Gasteiger partial charge in [-0.25, -0.2) is 0 Å². The highest BCUT2D eigenvalue weighted by Crippen LogP contribution is 2.32. The van der Waals surface area contributed by atoms with E-state index in [2.05, 4.69) is 5.32 Å². The number of rotatable bonds is 5. The van der Waals surface area contributed by atoms with Crippen molar-refractivity contribution in [1.29, 1.82) is 0 Å². The average molecular weight is 312 g/mol. The molecule has 0 bridgehead atoms. The molecule has 0 unspecified atom stereocenters. The van der Waals surface area contributed by atoms with Crippen LogP contribution < -0.4 is 10.1 Å². The normalized spacial score (nSPS) is 10.4. The van der Waals surface area contributed by atoms with Gasteiger partial charge in [-0.15, -0.1) is 0 Å². The van der Waals surface area contributed by atoms with Crippen molar-refractivity contribution in [3.63, 3.8) is 0 Å². The zero-order chi connectivity index (χ0) is 14.5. The summed E-state index contributed by atoms with van der Waals surface area (Å²) in [4.78, 5) is 0. The minimum Gasteiger partial charge on any atom is -0.495 e. The molecule has 0 heterocycles. The molecular formula is C15H15Cl2NO2. The predicted molar refractivity (Wildman–Crippen MR) is 82.7 cm³/mol. The Morgan fingerprint density at radius 3 is 2.60 bits per heavy atom. The first-order valence-corrected chi connectivity index (χ1v) is 6.86. The molecule has 20 heavy (non-hydrogen) atoms. The van der Waals surface area contributed by atoms with Crippen molar-refractivity contribution in [2.75, 3.05) is 12.4 Å². The van der Waals surface area contributed by atoms with E-state index < -0.39 is 0 Å². The molecule has 5 heteroatoms. The van der Waals surface area contributed by atoms with E-state index >= 15 is 0 Å². The molecule has 0 aliphatic carbocycles. The summed E-state index contributed by atoms with van der Waals surface area (Å²) >= 11 is 12.1. The van der Waals surface area contributed by atoms with Crippen LogP contribution in [0.4, 0.5) is 5.69 Å². The SMILES string of the molecule is COc1c(Cl)cc(Cl)cc1CNc1ccccc1CO. The maximum Gasteiger partial charge on any atom is 0.142 e. The number of benzene rings is 2. The van der Waals surface area contributed by atoms with Crippen LogP contribution in [0.2, 0.25) is 10.0 Å². The lowest BCUT2D eigenvalue weighted by Gasteiger charge is -2.14. The molecule has 2 rings (SSSR count). The fourth-order valence-corrected chi connectivity index (χ4v) is 2.61. The van der Waals surface area contributed by atoms with Crippen LogP contribution in [0.1, 0.15) is 11.1 Å². The molecule has 0 atom stereocenters. The number of ether oxygens (including phenoxy) is 1. The van der Waals surface area contributed by atoms with Gasteiger partial charge in [0.2, 0.25) is 0 Å². The quantitative estimate of drug-likeness (QED) is 0.873. The first kappa shape index (κ1) is 15.0. The highest BCUT2D eigenvalue weighted by atomic mass is 35.5. The van der Waals surface area contributed by atoms with Crippen LogP contribution in [0.3, 0.4) is 0 Å². The number of halogens is 2. The summed E-state index contributed by atoms with van der Waals surface area (Å²) in [7, 11) is 1.57. The molecule has 0 radical (unpaired) electrons. The van der Waals surface area contributed by atoms with Crippen molar-refractivity contribution in [2.45, 2.75) is 13.2 Å². The van der Waals surface area contributed by atoms with E-state index in [1.807, 2.05) is 24.3 Å². The van der Waals surface area contributed by atoms with Gasteiger partial charge in [-0.2, -0.15) is 0 Å². The fourth-order valence-electron chi connectivity index (χ4n) is 1.99. The summed E-state index contributed by atoms with van der Waals surface area (Å²) in [6, 6.07) is 11.0. The number of methoxy groups -OCH3 is 1. The molecule has 0 aliphatic heterocycles. The Balaban J connectivity index is 2.22. The molecule has 2 aromatic carbocycles. The Bertz CT molecular complexity index is 602. The van der Waals surface area contributed by atoms with Gasteiger partial charge in [0.05, 0.1) is 18.7 Å². The predicted octanol–water partition coefficient (Wildman–Crippen LogP) is 4.11. The molecule has 0 aromatic heterocycles. The van der Waals surface area contributed by atoms with E-state index in [0.717, 1.165) is 16.8 Å². The summed E-state index contributed by atoms with van der Waals surface area (Å²) in [6.45, 7) is 0.483. The van der Waals surface area contributed by atoms with Crippen molar-refractivity contribution >= 4 is 28.9 Å². The number of hydrogen-bond donors (Lipinski definition) is 2. The minimum absolute atomic E-state index is 0.0173. The van der Waals surface area contributed by atoms with Crippen molar-refractivity contribution in [2.24, 2.45) is 0 Å². The monoisotopic (exact) mass is 311 g/mol. The molecule has 0 aliphatic rings. The van der Waals surface area contributed by atoms with Crippen LogP contribution in [0.25, 0.3) is 0 Å². The van der Waals surface area contributed by atoms with Gasteiger partial charge < -0.3 is 15.2 Å². The molecule has 0 fully saturated rings. The molecule has 0 saturated heterocycles. The van der Waals surface area contributed by atoms with Gasteiger partial charge >= 0.3 is 0 Å². The second kappa shape index (κ2) is 6.84. The Labute approximate surface area is 128 Å². The molecule has 0 spiro atoms. The molecular weight excluding hydrogens is 297 g/mol. The first-order valence-electron chi connectivity index (χ1n) is 6.10. The zero-order valence-corrected chi connectivity index (χ0v) is 12.5. The van der Waals surface area contributed by atoms with E-state index in [1.165, 1.54) is 0 Å². The highest BCUT2D eigenvalue weighted by molar-refractivity contribution is 6.35. The highest BCUT2D eigenvalue weighted by Gasteiger charge is 2.10. The number of aliphatic hydroxyl groups is 1. The summed E-state index contributed by atoms with van der Waals surface area (Å²) in [5.74, 6) is 0.602. The Morgan fingerprint density at radius 1 is 1.15 bits per heavy atom. The number of anilines is 1. The third kappa shape index (κ3) is 3.37. The second-order valence-corrected chi connectivity index (χ2v) is 5.09. The zero-order valence-electron chi connectivity index (χ0n) is 11.0. The summed E-state index contributed by atoms with van der Waals surface area (Å²) in [5, 5.41) is 13.6. The van der Waals surface area contributed by atoms with E-state index in [4.69, 9.17) is 27.9 Å². The molecule has 2 N–H and O–H groups in total. The second-order valence-electron chi connectivity index (χ2n) is 4.25. The van der Waals surface area contributed by atoms with E-state index in [0.29, 0.717) is 22.3 Å². The van der Waals surface area contributed by atoms with Gasteiger partial charge in [0.15, 0.2) is 0 Å². The molecule has 106 valence electrons. The lowest BCUT2D eigenvalue weighted by Crippen LogP contribution is -2.04. The standard InChI is InChI=1S/C15H15Cl2NO2/c1-20-15-11(6-12(16)7-13(15)17)8-18-14-5-3-2-4-10(14)9-19/h2-7,18-19H,8-9H2,1H3. The van der Waals surface area contributed by atoms with Crippen LogP contribution in [0.15, 0.2) is 36.4 Å². The summed E-state index contributed by atoms with van der Waals surface area (Å²) < 4.78 is 5.30. The molecule has 3 nitrogen and oxygen atoms in total. The van der Waals surface area contributed by atoms with Crippen LogP contribution >= 0.6 is 23.2 Å². The largest absolute Gasteiger partial charge is 0.495 e. The number of hydrogen-bond acceptors (Lipinski definition) is 3. The van der Waals surface area contributed by atoms with Gasteiger partial charge in [-0.3, -0.25) is 0 Å². The third-order valence-corrected chi connectivity index (χ3v) is 3.45. The topological polar surface area (TPSA) is 41.5 Å². The van der Waals surface area contributed by atoms with Gasteiger partial charge in [0, 0.05) is 28.4 Å². The van der Waals surface area contributed by atoms with Crippen molar-refractivity contribution in [3.8, 4) is 5.75 Å². The van der Waals surface area contributed by atoms with Gasteiger partial charge in [0.25, 0.3) is 0 Å². The van der Waals surface area contributed by atoms with Gasteiger partial charge in [-0.1, -0.05) is 41.4 Å². The first-order chi connectivity index (χ1) is 9.65. The Morgan fingerprint density at radius 2 is 1.90 bits per heavy atom. The van der Waals surface area contributed by atoms with Gasteiger partial charge in [-0.05, 0) is 18.2 Å². The Hall–Kier alpha value is -1.42. The maximum absolute atomic E-state index is 9.30. The molecule has 0 saturated carbocycles.